The minimum atomic E-state index is -0.171. The van der Waals surface area contributed by atoms with Gasteiger partial charge < -0.3 is 10.2 Å². The summed E-state index contributed by atoms with van der Waals surface area (Å²) in [5, 5.41) is 12.6. The van der Waals surface area contributed by atoms with E-state index in [0.717, 1.165) is 24.6 Å². The molecule has 2 amide bonds. The van der Waals surface area contributed by atoms with Crippen molar-refractivity contribution in [1.82, 2.24) is 24.8 Å². The molecule has 7 heteroatoms. The summed E-state index contributed by atoms with van der Waals surface area (Å²) in [6.07, 6.45) is 1.94. The van der Waals surface area contributed by atoms with E-state index >= 15 is 0 Å². The molecule has 0 radical (unpaired) electrons. The van der Waals surface area contributed by atoms with Gasteiger partial charge in [0, 0.05) is 29.8 Å². The standard InChI is InChI=1S/C17H25N5OS/c1-11(2)15(16-20-19-14-7-5-6-8-22(14)16)18-17(23)21-9-12(3)24-13(4)10-21/h5-8,11-13,15H,9-10H2,1-4H3,(H,18,23)/t12-,13+,15-/m0/s1. The quantitative estimate of drug-likeness (QED) is 0.927. The topological polar surface area (TPSA) is 62.5 Å². The van der Waals surface area contributed by atoms with Gasteiger partial charge in [0.25, 0.3) is 0 Å². The Morgan fingerprint density at radius 3 is 2.62 bits per heavy atom. The molecule has 0 saturated carbocycles. The van der Waals surface area contributed by atoms with Crippen LogP contribution in [-0.2, 0) is 0 Å². The predicted octanol–water partition coefficient (Wildman–Crippen LogP) is 2.96. The lowest BCUT2D eigenvalue weighted by Crippen LogP contribution is -2.50. The summed E-state index contributed by atoms with van der Waals surface area (Å²) in [7, 11) is 0. The van der Waals surface area contributed by atoms with Gasteiger partial charge in [0.15, 0.2) is 11.5 Å². The highest BCUT2D eigenvalue weighted by Gasteiger charge is 2.29. The average Bonchev–Trinajstić information content (AvgIpc) is 2.95. The largest absolute Gasteiger partial charge is 0.328 e. The number of nitrogens with zero attached hydrogens (tertiary/aromatic N) is 4. The van der Waals surface area contributed by atoms with Crippen molar-refractivity contribution in [1.29, 1.82) is 0 Å². The number of aromatic nitrogens is 3. The van der Waals surface area contributed by atoms with Crippen molar-refractivity contribution in [3.8, 4) is 0 Å². The molecule has 1 N–H and O–H groups in total. The highest BCUT2D eigenvalue weighted by atomic mass is 32.2. The second kappa shape index (κ2) is 7.01. The van der Waals surface area contributed by atoms with E-state index in [1.165, 1.54) is 0 Å². The van der Waals surface area contributed by atoms with E-state index in [9.17, 15) is 4.79 Å². The van der Waals surface area contributed by atoms with Gasteiger partial charge in [-0.3, -0.25) is 4.40 Å². The lowest BCUT2D eigenvalue weighted by molar-refractivity contribution is 0.188. The first-order valence-corrected chi connectivity index (χ1v) is 9.40. The van der Waals surface area contributed by atoms with Crippen molar-refractivity contribution in [3.63, 3.8) is 0 Å². The molecule has 0 aromatic carbocycles. The zero-order chi connectivity index (χ0) is 17.3. The molecular weight excluding hydrogens is 322 g/mol. The Morgan fingerprint density at radius 1 is 1.25 bits per heavy atom. The smallest absolute Gasteiger partial charge is 0.318 e. The predicted molar refractivity (Wildman–Crippen MR) is 97.2 cm³/mol. The number of urea groups is 1. The maximum atomic E-state index is 12.8. The van der Waals surface area contributed by atoms with Gasteiger partial charge in [-0.25, -0.2) is 4.79 Å². The molecule has 0 unspecified atom stereocenters. The molecule has 1 fully saturated rings. The number of carbonyl (C=O) groups is 1. The van der Waals surface area contributed by atoms with Crippen molar-refractivity contribution in [3.05, 3.63) is 30.2 Å². The second-order valence-corrected chi connectivity index (χ2v) is 8.70. The van der Waals surface area contributed by atoms with Gasteiger partial charge in [0.2, 0.25) is 0 Å². The van der Waals surface area contributed by atoms with Gasteiger partial charge in [-0.15, -0.1) is 10.2 Å². The third-order valence-corrected chi connectivity index (χ3v) is 5.50. The van der Waals surface area contributed by atoms with Crippen LogP contribution < -0.4 is 5.32 Å². The van der Waals surface area contributed by atoms with E-state index in [1.54, 1.807) is 0 Å². The van der Waals surface area contributed by atoms with Gasteiger partial charge >= 0.3 is 6.03 Å². The summed E-state index contributed by atoms with van der Waals surface area (Å²) in [6, 6.07) is 5.62. The van der Waals surface area contributed by atoms with E-state index in [0.29, 0.717) is 10.5 Å². The molecule has 1 aliphatic heterocycles. The number of thioether (sulfide) groups is 1. The van der Waals surface area contributed by atoms with Crippen molar-refractivity contribution in [2.24, 2.45) is 5.92 Å². The second-order valence-electron chi connectivity index (χ2n) is 6.82. The Labute approximate surface area is 147 Å². The number of carbonyl (C=O) groups excluding carboxylic acids is 1. The first-order valence-electron chi connectivity index (χ1n) is 8.46. The summed E-state index contributed by atoms with van der Waals surface area (Å²) in [6.45, 7) is 10.1. The Hall–Kier alpha value is -1.76. The molecule has 0 aliphatic carbocycles. The van der Waals surface area contributed by atoms with Gasteiger partial charge in [0.1, 0.15) is 0 Å². The molecule has 2 aromatic rings. The van der Waals surface area contributed by atoms with Crippen molar-refractivity contribution < 1.29 is 4.79 Å². The zero-order valence-electron chi connectivity index (χ0n) is 14.6. The number of rotatable bonds is 3. The van der Waals surface area contributed by atoms with E-state index < -0.39 is 0 Å². The van der Waals surface area contributed by atoms with Crippen LogP contribution in [0.15, 0.2) is 24.4 Å². The summed E-state index contributed by atoms with van der Waals surface area (Å²) in [5.41, 5.74) is 0.795. The molecule has 3 atom stereocenters. The van der Waals surface area contributed by atoms with Gasteiger partial charge in [-0.1, -0.05) is 33.8 Å². The van der Waals surface area contributed by atoms with Crippen LogP contribution in [0.5, 0.6) is 0 Å². The van der Waals surface area contributed by atoms with E-state index in [-0.39, 0.29) is 18.0 Å². The number of nitrogens with one attached hydrogen (secondary N) is 1. The Kier molecular flexibility index (Phi) is 4.99. The normalized spacial score (nSPS) is 22.8. The van der Waals surface area contributed by atoms with E-state index in [2.05, 4.69) is 43.2 Å². The molecule has 130 valence electrons. The first kappa shape index (κ1) is 17.1. The van der Waals surface area contributed by atoms with Crippen LogP contribution in [0.25, 0.3) is 5.65 Å². The molecular formula is C17H25N5OS. The lowest BCUT2D eigenvalue weighted by atomic mass is 10.0. The fourth-order valence-corrected chi connectivity index (χ4v) is 4.49. The number of hydrogen-bond acceptors (Lipinski definition) is 4. The minimum absolute atomic E-state index is 0.0135. The lowest BCUT2D eigenvalue weighted by Gasteiger charge is -2.35. The zero-order valence-corrected chi connectivity index (χ0v) is 15.5. The number of amides is 2. The van der Waals surface area contributed by atoms with Gasteiger partial charge in [-0.05, 0) is 18.1 Å². The van der Waals surface area contributed by atoms with Crippen LogP contribution in [0.1, 0.15) is 39.6 Å². The van der Waals surface area contributed by atoms with Crippen LogP contribution in [-0.4, -0.2) is 49.1 Å². The maximum Gasteiger partial charge on any atom is 0.318 e. The Bertz CT molecular complexity index is 706. The van der Waals surface area contributed by atoms with Crippen molar-refractivity contribution in [2.45, 2.75) is 44.2 Å². The first-order chi connectivity index (χ1) is 11.5. The van der Waals surface area contributed by atoms with Crippen molar-refractivity contribution >= 4 is 23.4 Å². The molecule has 3 rings (SSSR count). The SMILES string of the molecule is CC(C)[C@H](NC(=O)N1C[C@@H](C)S[C@@H](C)C1)c1nnc2ccccn12. The fourth-order valence-electron chi connectivity index (χ4n) is 3.17. The summed E-state index contributed by atoms with van der Waals surface area (Å²) >= 11 is 1.94. The molecule has 1 aliphatic rings. The maximum absolute atomic E-state index is 12.8. The number of hydrogen-bond donors (Lipinski definition) is 1. The third kappa shape index (κ3) is 3.50. The average molecular weight is 347 g/mol. The Balaban J connectivity index is 1.80. The molecule has 6 nitrogen and oxygen atoms in total. The molecule has 3 heterocycles. The highest BCUT2D eigenvalue weighted by molar-refractivity contribution is 8.00. The van der Waals surface area contributed by atoms with E-state index in [4.69, 9.17) is 0 Å². The van der Waals surface area contributed by atoms with E-state index in [1.807, 2.05) is 45.5 Å². The summed E-state index contributed by atoms with van der Waals surface area (Å²) < 4.78 is 1.95. The van der Waals surface area contributed by atoms with Gasteiger partial charge in [0.05, 0.1) is 6.04 Å². The van der Waals surface area contributed by atoms with Crippen molar-refractivity contribution in [2.75, 3.05) is 13.1 Å². The summed E-state index contributed by atoms with van der Waals surface area (Å²) in [5.74, 6) is 0.997. The number of pyridine rings is 1. The minimum Gasteiger partial charge on any atom is -0.328 e. The van der Waals surface area contributed by atoms with Crippen LogP contribution >= 0.6 is 11.8 Å². The monoisotopic (exact) mass is 347 g/mol. The molecule has 0 spiro atoms. The van der Waals surface area contributed by atoms with Crippen LogP contribution in [0.2, 0.25) is 0 Å². The highest BCUT2D eigenvalue weighted by Crippen LogP contribution is 2.26. The molecule has 1 saturated heterocycles. The van der Waals surface area contributed by atoms with Crippen LogP contribution in [0.4, 0.5) is 4.79 Å². The van der Waals surface area contributed by atoms with Crippen LogP contribution in [0.3, 0.4) is 0 Å². The van der Waals surface area contributed by atoms with Gasteiger partial charge in [-0.2, -0.15) is 11.8 Å². The molecule has 24 heavy (non-hydrogen) atoms. The fraction of sp³-hybridized carbons (Fsp3) is 0.588. The molecule has 0 bridgehead atoms. The molecule has 2 aromatic heterocycles. The van der Waals surface area contributed by atoms with Crippen LogP contribution in [0, 0.1) is 5.92 Å². The Morgan fingerprint density at radius 2 is 1.96 bits per heavy atom. The number of fused-ring (bicyclic) bond motifs is 1. The summed E-state index contributed by atoms with van der Waals surface area (Å²) in [4.78, 5) is 14.7. The third-order valence-electron chi connectivity index (χ3n) is 4.27.